The maximum absolute atomic E-state index is 13.2. The summed E-state index contributed by atoms with van der Waals surface area (Å²) in [4.78, 5) is 11.3. The predicted molar refractivity (Wildman–Crippen MR) is 392 cm³/mol. The minimum absolute atomic E-state index is 0. The summed E-state index contributed by atoms with van der Waals surface area (Å²) in [5, 5.41) is 18.2. The summed E-state index contributed by atoms with van der Waals surface area (Å²) >= 11 is 0. The molecule has 0 bridgehead atoms. The van der Waals surface area contributed by atoms with Gasteiger partial charge in [-0.15, -0.1) is 12.4 Å². The van der Waals surface area contributed by atoms with Crippen molar-refractivity contribution in [2.45, 2.75) is 104 Å². The number of rotatable bonds is 24. The Bertz CT molecular complexity index is 3960. The molecule has 2 N–H and O–H groups in total. The number of hydrogen-bond acceptors (Lipinski definition) is 8. The topological polar surface area (TPSA) is 95.8 Å². The molecule has 0 aliphatic heterocycles. The van der Waals surface area contributed by atoms with E-state index in [2.05, 4.69) is 182 Å². The van der Waals surface area contributed by atoms with Crippen molar-refractivity contribution in [2.75, 3.05) is 13.2 Å². The molecule has 0 aromatic heterocycles. The molecule has 2 unspecified atom stereocenters. The molecular weight excluding hydrogens is 1400 g/mol. The molecule has 0 aliphatic carbocycles. The predicted octanol–water partition coefficient (Wildman–Crippen LogP) is 8.60. The molecule has 0 radical (unpaired) electrons. The number of aliphatic hydroxyl groups excluding tert-OH is 1. The van der Waals surface area contributed by atoms with E-state index in [1.165, 1.54) is 51.3 Å². The molecule has 0 saturated carbocycles. The Morgan fingerprint density at radius 3 is 0.820 bits per heavy atom. The fourth-order valence-electron chi connectivity index (χ4n) is 9.66. The molecule has 12 rings (SSSR count). The third-order valence-corrected chi connectivity index (χ3v) is 20.9. The summed E-state index contributed by atoms with van der Waals surface area (Å²) in [6, 6.07) is 109. The van der Waals surface area contributed by atoms with E-state index in [9.17, 15) is 9.50 Å². The van der Waals surface area contributed by atoms with Crippen molar-refractivity contribution in [3.8, 4) is 28.7 Å². The summed E-state index contributed by atoms with van der Waals surface area (Å²) in [7, 11) is -0.490. The van der Waals surface area contributed by atoms with Gasteiger partial charge in [-0.3, -0.25) is 0 Å². The molecular formula is C83H82Cl4FNaO8S3. The van der Waals surface area contributed by atoms with Gasteiger partial charge in [0.05, 0.1) is 39.3 Å². The van der Waals surface area contributed by atoms with Crippen molar-refractivity contribution in [1.82, 2.24) is 0 Å². The van der Waals surface area contributed by atoms with Crippen molar-refractivity contribution in [2.24, 2.45) is 0 Å². The van der Waals surface area contributed by atoms with Gasteiger partial charge in [0.15, 0.2) is 56.6 Å². The van der Waals surface area contributed by atoms with Crippen molar-refractivity contribution in [3.05, 3.63) is 350 Å². The molecule has 12 aromatic carbocycles. The van der Waals surface area contributed by atoms with Crippen LogP contribution in [0.4, 0.5) is 4.39 Å². The Balaban J connectivity index is 0.000000357. The monoisotopic (exact) mass is 1480 g/mol. The van der Waals surface area contributed by atoms with E-state index < -0.39 is 0 Å². The first-order valence-electron chi connectivity index (χ1n) is 31.5. The van der Waals surface area contributed by atoms with Gasteiger partial charge < -0.3 is 77.3 Å². The summed E-state index contributed by atoms with van der Waals surface area (Å²) in [6.07, 6.45) is -0.494. The van der Waals surface area contributed by atoms with Crippen LogP contribution in [0.15, 0.2) is 372 Å². The fourth-order valence-corrected chi connectivity index (χ4v) is 15.9. The van der Waals surface area contributed by atoms with E-state index in [0.717, 1.165) is 44.6 Å². The normalized spacial score (nSPS) is 10.8. The summed E-state index contributed by atoms with van der Waals surface area (Å²) < 4.78 is 46.9. The van der Waals surface area contributed by atoms with Crippen LogP contribution in [0.25, 0.3) is 0 Å². The van der Waals surface area contributed by atoms with Crippen LogP contribution in [-0.4, -0.2) is 36.0 Å². The van der Waals surface area contributed by atoms with Crippen molar-refractivity contribution in [1.29, 1.82) is 0 Å². The molecule has 0 amide bonds. The van der Waals surface area contributed by atoms with Crippen LogP contribution in [0.5, 0.6) is 28.7 Å². The van der Waals surface area contributed by atoms with Crippen LogP contribution in [-0.2, 0) is 62.0 Å². The molecule has 100 heavy (non-hydrogen) atoms. The second kappa shape index (κ2) is 47.0. The summed E-state index contributed by atoms with van der Waals surface area (Å²) in [5.74, 6) is 3.30. The van der Waals surface area contributed by atoms with Gasteiger partial charge in [-0.2, -0.15) is 0 Å². The van der Waals surface area contributed by atoms with Gasteiger partial charge in [-0.05, 0) is 226 Å². The average Bonchev–Trinajstić information content (AvgIpc) is 0.836. The third kappa shape index (κ3) is 27.5. The SMILES string of the molecule is CCOC(C)Oc1ccc(CO)cc1.CCOC(C)Oc1ccc(COc2ccc([S+](c3ccccc3)c3ccccc3)cc2)cc1.Cl.Fc1ccc([S+](c2ccccc2)c2ccccc2)cc1.Oc1ccc(COc2ccc([S+](c3ccccc3)c3ccccc3)cc2)cc1.[Cl-].[Cl-].[Cl-].[H-].[Na+]. The van der Waals surface area contributed by atoms with E-state index in [1.807, 2.05) is 149 Å². The number of halogens is 5. The van der Waals surface area contributed by atoms with Crippen LogP contribution in [0, 0.1) is 5.82 Å². The summed E-state index contributed by atoms with van der Waals surface area (Å²) in [5.41, 5.74) is 2.99. The fraction of sp³-hybridized carbons (Fsp3) is 0.133. The van der Waals surface area contributed by atoms with Crippen LogP contribution in [0.2, 0.25) is 0 Å². The molecule has 0 heterocycles. The van der Waals surface area contributed by atoms with Crippen molar-refractivity contribution in [3.63, 3.8) is 0 Å². The number of benzene rings is 12. The minimum atomic E-state index is -0.257. The zero-order valence-electron chi connectivity index (χ0n) is 57.4. The molecule has 516 valence electrons. The van der Waals surface area contributed by atoms with Gasteiger partial charge in [0, 0.05) is 13.2 Å². The first-order chi connectivity index (χ1) is 46.6. The Hall–Kier alpha value is -7.34. The standard InChI is InChI=1S/C29H29O3S.C25H20O2S.C18H14FS.C11H16O3.4ClH.Na.H/c1-3-30-23(2)32-26-16-14-24(15-17-26)22-31-25-18-20-29(21-19-25)33(27-10-6-4-7-11-27)28-12-8-5-9-13-28;26-21-13-11-20(12-14-21)19-27-22-15-17-25(18-16-22)28(23-7-3-1-4-8-23)24-9-5-2-6-10-24;19-15-11-13-18(14-12-15)20(16-7-3-1-4-8-16)17-9-5-2-6-10-17;1-3-13-9(2)14-11-6-4-10(8-12)5-7-11;;;;;;/h4-21,23H,3,22H2,1-2H3;1-18H,19H2;1-14H;4-7,9,12H,3,8H2,1-2H3;4*1H;;/q+1;;+1;;;;;;+1;-1/p-2. The van der Waals surface area contributed by atoms with Gasteiger partial charge in [0.25, 0.3) is 0 Å². The number of phenolic OH excluding ortho intramolecular Hbond substituents is 1. The number of ether oxygens (including phenoxy) is 6. The number of hydrogen-bond donors (Lipinski definition) is 2. The molecule has 8 nitrogen and oxygen atoms in total. The first-order valence-corrected chi connectivity index (χ1v) is 35.2. The van der Waals surface area contributed by atoms with Gasteiger partial charge in [0.1, 0.15) is 47.8 Å². The zero-order chi connectivity index (χ0) is 66.2. The molecule has 12 aromatic rings. The number of aromatic hydroxyl groups is 1. The number of aliphatic hydroxyl groups is 1. The Labute approximate surface area is 646 Å². The van der Waals surface area contributed by atoms with E-state index in [4.69, 9.17) is 33.5 Å². The smallest absolute Gasteiger partial charge is 1.00 e. The largest absolute Gasteiger partial charge is 1.00 e. The van der Waals surface area contributed by atoms with Crippen LogP contribution in [0.1, 0.15) is 45.8 Å². The number of phenols is 1. The van der Waals surface area contributed by atoms with E-state index in [1.54, 1.807) is 12.1 Å². The zero-order valence-corrected chi connectivity index (χ0v) is 63.9. The Morgan fingerprint density at radius 1 is 0.330 bits per heavy atom. The van der Waals surface area contributed by atoms with Gasteiger partial charge in [0.2, 0.25) is 0 Å². The Kier molecular flexibility index (Phi) is 40.0. The van der Waals surface area contributed by atoms with Crippen LogP contribution >= 0.6 is 12.4 Å². The minimum Gasteiger partial charge on any atom is -1.00 e. The Morgan fingerprint density at radius 2 is 0.560 bits per heavy atom. The van der Waals surface area contributed by atoms with Crippen LogP contribution in [0.3, 0.4) is 0 Å². The molecule has 0 fully saturated rings. The van der Waals surface area contributed by atoms with E-state index >= 15 is 0 Å². The molecule has 17 heteroatoms. The van der Waals surface area contributed by atoms with E-state index in [-0.39, 0.29) is 144 Å². The first kappa shape index (κ1) is 85.1. The van der Waals surface area contributed by atoms with Gasteiger partial charge in [-0.25, -0.2) is 4.39 Å². The van der Waals surface area contributed by atoms with E-state index in [0.29, 0.717) is 26.4 Å². The molecule has 0 saturated heterocycles. The average molecular weight is 1490 g/mol. The maximum Gasteiger partial charge on any atom is 1.00 e. The second-order valence-electron chi connectivity index (χ2n) is 21.2. The van der Waals surface area contributed by atoms with Crippen LogP contribution < -0.4 is 85.7 Å². The maximum atomic E-state index is 13.2. The third-order valence-electron chi connectivity index (χ3n) is 14.2. The molecule has 2 atom stereocenters. The summed E-state index contributed by atoms with van der Waals surface area (Å²) in [6.45, 7) is 9.92. The van der Waals surface area contributed by atoms with Gasteiger partial charge >= 0.3 is 29.6 Å². The molecule has 0 spiro atoms. The quantitative estimate of drug-likeness (QED) is 0.0353. The molecule has 0 aliphatic rings. The second-order valence-corrected chi connectivity index (χ2v) is 27.2. The van der Waals surface area contributed by atoms with Crippen molar-refractivity contribution >= 4 is 45.1 Å². The van der Waals surface area contributed by atoms with Gasteiger partial charge in [-0.1, -0.05) is 146 Å². The van der Waals surface area contributed by atoms with Crippen molar-refractivity contribution < 1.29 is 111 Å².